The molecule has 1 N–H and O–H groups in total. The van der Waals surface area contributed by atoms with Gasteiger partial charge in [-0.25, -0.2) is 0 Å². The standard InChI is InChI=1S/C13H16N4S/c1-17-9-10(15-16-17)8-14-12-6-7-18-13-5-3-2-4-11(12)13/h2-5,9,12,14H,6-8H2,1H3. The molecule has 1 aliphatic heterocycles. The van der Waals surface area contributed by atoms with Crippen molar-refractivity contribution in [1.29, 1.82) is 0 Å². The molecule has 0 fully saturated rings. The van der Waals surface area contributed by atoms with Gasteiger partial charge < -0.3 is 5.32 Å². The van der Waals surface area contributed by atoms with Crippen molar-refractivity contribution in [2.24, 2.45) is 7.05 Å². The predicted octanol–water partition coefficient (Wildman–Crippen LogP) is 2.14. The summed E-state index contributed by atoms with van der Waals surface area (Å²) in [7, 11) is 1.89. The van der Waals surface area contributed by atoms with Crippen LogP contribution in [-0.2, 0) is 13.6 Å². The van der Waals surface area contributed by atoms with Crippen molar-refractivity contribution in [1.82, 2.24) is 20.3 Å². The summed E-state index contributed by atoms with van der Waals surface area (Å²) in [4.78, 5) is 1.40. The maximum Gasteiger partial charge on any atom is 0.0964 e. The Morgan fingerprint density at radius 3 is 3.17 bits per heavy atom. The van der Waals surface area contributed by atoms with Gasteiger partial charge in [-0.15, -0.1) is 16.9 Å². The minimum absolute atomic E-state index is 0.435. The third-order valence-corrected chi connectivity index (χ3v) is 4.26. The van der Waals surface area contributed by atoms with Gasteiger partial charge in [-0.3, -0.25) is 4.68 Å². The van der Waals surface area contributed by atoms with Gasteiger partial charge in [0.05, 0.1) is 5.69 Å². The average molecular weight is 260 g/mol. The minimum Gasteiger partial charge on any atom is -0.304 e. The summed E-state index contributed by atoms with van der Waals surface area (Å²) >= 11 is 1.95. The fraction of sp³-hybridized carbons (Fsp3) is 0.385. The number of hydrogen-bond donors (Lipinski definition) is 1. The first-order chi connectivity index (χ1) is 8.83. The predicted molar refractivity (Wildman–Crippen MR) is 72.4 cm³/mol. The lowest BCUT2D eigenvalue weighted by molar-refractivity contribution is 0.505. The van der Waals surface area contributed by atoms with Crippen molar-refractivity contribution >= 4 is 11.8 Å². The summed E-state index contributed by atoms with van der Waals surface area (Å²) in [6.45, 7) is 0.775. The van der Waals surface area contributed by atoms with Crippen LogP contribution in [0.4, 0.5) is 0 Å². The Labute approximate surface area is 111 Å². The quantitative estimate of drug-likeness (QED) is 0.918. The molecular weight excluding hydrogens is 244 g/mol. The number of benzene rings is 1. The van der Waals surface area contributed by atoms with Crippen LogP contribution in [0.1, 0.15) is 23.7 Å². The number of aryl methyl sites for hydroxylation is 1. The van der Waals surface area contributed by atoms with Crippen molar-refractivity contribution in [2.75, 3.05) is 5.75 Å². The first-order valence-corrected chi connectivity index (χ1v) is 7.12. The largest absolute Gasteiger partial charge is 0.304 e. The molecule has 0 amide bonds. The molecule has 18 heavy (non-hydrogen) atoms. The highest BCUT2D eigenvalue weighted by molar-refractivity contribution is 7.99. The molecule has 5 heteroatoms. The molecule has 1 aromatic heterocycles. The first kappa shape index (κ1) is 11.7. The first-order valence-electron chi connectivity index (χ1n) is 6.13. The lowest BCUT2D eigenvalue weighted by Crippen LogP contribution is -2.24. The summed E-state index contributed by atoms with van der Waals surface area (Å²) in [6.07, 6.45) is 3.12. The summed E-state index contributed by atoms with van der Waals surface area (Å²) in [5.74, 6) is 1.18. The van der Waals surface area contributed by atoms with Gasteiger partial charge in [-0.05, 0) is 23.8 Å². The van der Waals surface area contributed by atoms with Crippen molar-refractivity contribution in [3.8, 4) is 0 Å². The number of thioether (sulfide) groups is 1. The van der Waals surface area contributed by atoms with Gasteiger partial charge in [0, 0.05) is 30.7 Å². The van der Waals surface area contributed by atoms with Gasteiger partial charge >= 0.3 is 0 Å². The Morgan fingerprint density at radius 1 is 1.44 bits per heavy atom. The van der Waals surface area contributed by atoms with Crippen LogP contribution in [-0.4, -0.2) is 20.7 Å². The number of aromatic nitrogens is 3. The Kier molecular flexibility index (Phi) is 3.34. The van der Waals surface area contributed by atoms with Crippen LogP contribution < -0.4 is 5.32 Å². The second-order valence-corrected chi connectivity index (χ2v) is 5.63. The molecule has 1 aromatic carbocycles. The molecule has 0 saturated carbocycles. The number of rotatable bonds is 3. The monoisotopic (exact) mass is 260 g/mol. The van der Waals surface area contributed by atoms with Crippen molar-refractivity contribution in [3.05, 3.63) is 41.7 Å². The van der Waals surface area contributed by atoms with E-state index in [4.69, 9.17) is 0 Å². The van der Waals surface area contributed by atoms with Gasteiger partial charge in [-0.1, -0.05) is 23.4 Å². The van der Waals surface area contributed by atoms with E-state index in [0.717, 1.165) is 12.2 Å². The number of hydrogen-bond acceptors (Lipinski definition) is 4. The summed E-state index contributed by atoms with van der Waals surface area (Å²) in [6, 6.07) is 9.08. The second kappa shape index (κ2) is 5.12. The second-order valence-electron chi connectivity index (χ2n) is 4.49. The zero-order valence-corrected chi connectivity index (χ0v) is 11.2. The van der Waals surface area contributed by atoms with E-state index in [1.54, 1.807) is 4.68 Å². The highest BCUT2D eigenvalue weighted by atomic mass is 32.2. The van der Waals surface area contributed by atoms with Gasteiger partial charge in [-0.2, -0.15) is 0 Å². The van der Waals surface area contributed by atoms with Crippen LogP contribution >= 0.6 is 11.8 Å². The number of nitrogens with zero attached hydrogens (tertiary/aromatic N) is 3. The number of fused-ring (bicyclic) bond motifs is 1. The summed E-state index contributed by atoms with van der Waals surface area (Å²) in [5.41, 5.74) is 2.41. The molecule has 1 unspecified atom stereocenters. The van der Waals surface area contributed by atoms with Crippen LogP contribution in [0.25, 0.3) is 0 Å². The maximum atomic E-state index is 4.10. The lowest BCUT2D eigenvalue weighted by Gasteiger charge is -2.25. The fourth-order valence-electron chi connectivity index (χ4n) is 2.26. The van der Waals surface area contributed by atoms with Gasteiger partial charge in [0.15, 0.2) is 0 Å². The van der Waals surface area contributed by atoms with Crippen molar-refractivity contribution in [3.63, 3.8) is 0 Å². The number of nitrogens with one attached hydrogen (secondary N) is 1. The zero-order valence-electron chi connectivity index (χ0n) is 10.3. The highest BCUT2D eigenvalue weighted by Gasteiger charge is 2.19. The molecule has 0 spiro atoms. The normalized spacial score (nSPS) is 18.6. The molecule has 0 saturated heterocycles. The minimum atomic E-state index is 0.435. The molecule has 94 valence electrons. The van der Waals surface area contributed by atoms with Crippen LogP contribution in [0.3, 0.4) is 0 Å². The highest BCUT2D eigenvalue weighted by Crippen LogP contribution is 2.35. The molecule has 0 radical (unpaired) electrons. The van der Waals surface area contributed by atoms with Crippen molar-refractivity contribution < 1.29 is 0 Å². The molecule has 0 aliphatic carbocycles. The van der Waals surface area contributed by atoms with Gasteiger partial charge in [0.1, 0.15) is 0 Å². The zero-order chi connectivity index (χ0) is 12.4. The van der Waals surface area contributed by atoms with E-state index in [0.29, 0.717) is 6.04 Å². The summed E-state index contributed by atoms with van der Waals surface area (Å²) in [5, 5.41) is 11.6. The molecule has 0 bridgehead atoms. The fourth-order valence-corrected chi connectivity index (χ4v) is 3.38. The molecule has 1 atom stereocenters. The van der Waals surface area contributed by atoms with Gasteiger partial charge in [0.2, 0.25) is 0 Å². The van der Waals surface area contributed by atoms with E-state index in [1.807, 2.05) is 25.0 Å². The Balaban J connectivity index is 1.71. The smallest absolute Gasteiger partial charge is 0.0964 e. The van der Waals surface area contributed by atoms with E-state index in [2.05, 4.69) is 39.9 Å². The Bertz CT molecular complexity index is 537. The van der Waals surface area contributed by atoms with E-state index in [1.165, 1.54) is 22.6 Å². The lowest BCUT2D eigenvalue weighted by atomic mass is 10.0. The third kappa shape index (κ3) is 2.42. The van der Waals surface area contributed by atoms with E-state index in [-0.39, 0.29) is 0 Å². The molecule has 2 aromatic rings. The van der Waals surface area contributed by atoms with Crippen LogP contribution in [0.5, 0.6) is 0 Å². The Morgan fingerprint density at radius 2 is 2.33 bits per heavy atom. The SMILES string of the molecule is Cn1cc(CNC2CCSc3ccccc32)nn1. The third-order valence-electron chi connectivity index (χ3n) is 3.14. The maximum absolute atomic E-state index is 4.10. The molecule has 1 aliphatic rings. The summed E-state index contributed by atoms with van der Waals surface area (Å²) < 4.78 is 1.74. The van der Waals surface area contributed by atoms with Crippen LogP contribution in [0.15, 0.2) is 35.4 Å². The average Bonchev–Trinajstić information content (AvgIpc) is 2.82. The molecule has 4 nitrogen and oxygen atoms in total. The Hall–Kier alpha value is -1.33. The molecule has 2 heterocycles. The van der Waals surface area contributed by atoms with Crippen molar-refractivity contribution in [2.45, 2.75) is 23.9 Å². The van der Waals surface area contributed by atoms with Crippen LogP contribution in [0.2, 0.25) is 0 Å². The molecular formula is C13H16N4S. The van der Waals surface area contributed by atoms with Crippen LogP contribution in [0, 0.1) is 0 Å². The topological polar surface area (TPSA) is 42.7 Å². The van der Waals surface area contributed by atoms with E-state index < -0.39 is 0 Å². The van der Waals surface area contributed by atoms with E-state index in [9.17, 15) is 0 Å². The molecule has 3 rings (SSSR count). The van der Waals surface area contributed by atoms with E-state index >= 15 is 0 Å². The van der Waals surface area contributed by atoms with Gasteiger partial charge in [0.25, 0.3) is 0 Å².